The number of rotatable bonds is 11. The number of carboxylic acid groups (broad SMARTS) is 4. The van der Waals surface area contributed by atoms with Crippen LogP contribution in [0.1, 0.15) is 0 Å². The Morgan fingerprint density at radius 2 is 0.773 bits per heavy atom. The van der Waals surface area contributed by atoms with Gasteiger partial charge in [0.05, 0.1) is 23.9 Å². The van der Waals surface area contributed by atoms with E-state index in [0.717, 1.165) is 9.80 Å². The van der Waals surface area contributed by atoms with E-state index in [1.165, 1.54) is 0 Å². The van der Waals surface area contributed by atoms with Gasteiger partial charge < -0.3 is 45.8 Å². The number of nitrogens with zero attached hydrogens (tertiary/aromatic N) is 2. The molecule has 0 aliphatic carbocycles. The monoisotopic (exact) mass is 362 g/mol. The van der Waals surface area contributed by atoms with Gasteiger partial charge >= 0.3 is 17.1 Å². The second-order valence-corrected chi connectivity index (χ2v) is 3.91. The maximum Gasteiger partial charge on any atom is 5.00 e. The smallest absolute Gasteiger partial charge is 0.549 e. The summed E-state index contributed by atoms with van der Waals surface area (Å²) in [5.74, 6) is -6.12. The second kappa shape index (κ2) is 13.0. The minimum absolute atomic E-state index is 0. The molecule has 11 nitrogen and oxygen atoms in total. The standard InChI is InChI=1S/C10H16N2O8.Fe.H3N/c13-7(14)3-11(4-8(15)16)1-2-12(5-9(17)18)6-10(19)20;;/h1-6H2,(H,13,14)(H,15,16)(H,17,18)(H,19,20);;1H3/q;+5;/p-3. The van der Waals surface area contributed by atoms with Crippen molar-refractivity contribution in [3.05, 3.63) is 0 Å². The molecule has 1 radical (unpaired) electrons. The quantitative estimate of drug-likeness (QED) is 0.344. The van der Waals surface area contributed by atoms with Crippen LogP contribution in [0.2, 0.25) is 0 Å². The number of aliphatic carboxylic acids is 4. The number of hydrogen-bond donors (Lipinski definition) is 1. The fourth-order valence-electron chi connectivity index (χ4n) is 1.44. The summed E-state index contributed by atoms with van der Waals surface area (Å²) < 4.78 is 0. The molecular formula is C10H16FeN3O8+2. The summed E-state index contributed by atoms with van der Waals surface area (Å²) in [6.45, 7) is -3.25. The minimum Gasteiger partial charge on any atom is -0.549 e. The van der Waals surface area contributed by atoms with Crippen molar-refractivity contribution < 1.29 is 56.7 Å². The van der Waals surface area contributed by atoms with Gasteiger partial charge in [-0.25, -0.2) is 0 Å². The van der Waals surface area contributed by atoms with E-state index in [9.17, 15) is 39.6 Å². The Hall–Kier alpha value is -1.72. The average molecular weight is 362 g/mol. The van der Waals surface area contributed by atoms with Gasteiger partial charge in [0.25, 0.3) is 0 Å². The third kappa shape index (κ3) is 14.7. The second-order valence-electron chi connectivity index (χ2n) is 3.91. The number of carboxylic acids is 4. The van der Waals surface area contributed by atoms with Crippen molar-refractivity contribution in [2.45, 2.75) is 0 Å². The number of carbonyl (C=O) groups excluding carboxylic acids is 4. The van der Waals surface area contributed by atoms with Crippen molar-refractivity contribution in [3.63, 3.8) is 0 Å². The zero-order valence-corrected chi connectivity index (χ0v) is 12.9. The maximum atomic E-state index is 10.4. The van der Waals surface area contributed by atoms with Gasteiger partial charge in [0.1, 0.15) is 0 Å². The SMILES string of the molecule is O=C([O-])CN(CCN(CC(=O)[O-])CC(=O)[O-])CC(=O)[O-].[Fe+5].[NH4+]. The Morgan fingerprint density at radius 3 is 0.909 bits per heavy atom. The van der Waals surface area contributed by atoms with Gasteiger partial charge in [-0.1, -0.05) is 0 Å². The Labute approximate surface area is 136 Å². The van der Waals surface area contributed by atoms with Gasteiger partial charge in [0.2, 0.25) is 0 Å². The first kappa shape index (κ1) is 25.2. The third-order valence-corrected chi connectivity index (χ3v) is 2.14. The zero-order valence-electron chi connectivity index (χ0n) is 11.8. The third-order valence-electron chi connectivity index (χ3n) is 2.14. The summed E-state index contributed by atoms with van der Waals surface area (Å²) in [7, 11) is 0. The van der Waals surface area contributed by atoms with Crippen LogP contribution in [-0.4, -0.2) is 72.9 Å². The molecule has 0 aromatic rings. The molecule has 0 saturated carbocycles. The number of quaternary nitrogens is 1. The predicted octanol–water partition coefficient (Wildman–Crippen LogP) is -7.04. The van der Waals surface area contributed by atoms with E-state index in [1.807, 2.05) is 0 Å². The van der Waals surface area contributed by atoms with Crippen molar-refractivity contribution in [3.8, 4) is 0 Å². The summed E-state index contributed by atoms with van der Waals surface area (Å²) in [4.78, 5) is 43.4. The average Bonchev–Trinajstić information content (AvgIpc) is 2.22. The predicted molar refractivity (Wildman–Crippen MR) is 58.9 cm³/mol. The van der Waals surface area contributed by atoms with Crippen molar-refractivity contribution in [2.24, 2.45) is 0 Å². The first-order valence-corrected chi connectivity index (χ1v) is 5.44. The van der Waals surface area contributed by atoms with Gasteiger partial charge in [-0.05, 0) is 0 Å². The van der Waals surface area contributed by atoms with Gasteiger partial charge in [0.15, 0.2) is 0 Å². The number of hydrogen-bond acceptors (Lipinski definition) is 10. The molecule has 0 spiro atoms. The van der Waals surface area contributed by atoms with Crippen LogP contribution in [0.15, 0.2) is 0 Å². The minimum atomic E-state index is -1.53. The molecule has 0 aromatic carbocycles. The molecule has 0 saturated heterocycles. The van der Waals surface area contributed by atoms with Crippen molar-refractivity contribution in [1.82, 2.24) is 16.0 Å². The molecule has 0 bridgehead atoms. The fourth-order valence-corrected chi connectivity index (χ4v) is 1.44. The maximum absolute atomic E-state index is 10.4. The first-order chi connectivity index (χ1) is 9.20. The molecule has 0 aromatic heterocycles. The first-order valence-electron chi connectivity index (χ1n) is 5.44. The van der Waals surface area contributed by atoms with Crippen molar-refractivity contribution in [2.75, 3.05) is 39.3 Å². The number of carbonyl (C=O) groups is 4. The van der Waals surface area contributed by atoms with Crippen LogP contribution in [0.25, 0.3) is 0 Å². The summed E-state index contributed by atoms with van der Waals surface area (Å²) in [6, 6.07) is 0. The Bertz CT molecular complexity index is 324. The van der Waals surface area contributed by atoms with Crippen molar-refractivity contribution in [1.29, 1.82) is 0 Å². The summed E-state index contributed by atoms with van der Waals surface area (Å²) >= 11 is 0. The van der Waals surface area contributed by atoms with Crippen molar-refractivity contribution >= 4 is 23.9 Å². The van der Waals surface area contributed by atoms with Gasteiger partial charge in [-0.2, -0.15) is 0 Å². The van der Waals surface area contributed by atoms with E-state index < -0.39 is 50.1 Å². The zero-order chi connectivity index (χ0) is 15.7. The molecule has 4 N–H and O–H groups in total. The van der Waals surface area contributed by atoms with Crippen LogP contribution in [-0.2, 0) is 36.2 Å². The summed E-state index contributed by atoms with van der Waals surface area (Å²) in [6.07, 6.45) is 0. The Morgan fingerprint density at radius 1 is 0.591 bits per heavy atom. The van der Waals surface area contributed by atoms with Crippen LogP contribution < -0.4 is 26.6 Å². The molecule has 125 valence electrons. The molecule has 0 aliphatic heterocycles. The molecule has 0 unspecified atom stereocenters. The molecule has 0 atom stereocenters. The van der Waals surface area contributed by atoms with Gasteiger partial charge in [0, 0.05) is 39.3 Å². The van der Waals surface area contributed by atoms with Crippen LogP contribution in [0.3, 0.4) is 0 Å². The van der Waals surface area contributed by atoms with Gasteiger partial charge in [-0.3, -0.25) is 9.80 Å². The molecule has 22 heavy (non-hydrogen) atoms. The van der Waals surface area contributed by atoms with Crippen LogP contribution in [0.4, 0.5) is 0 Å². The van der Waals surface area contributed by atoms with E-state index in [1.54, 1.807) is 0 Å². The Balaban J connectivity index is -0.00000180. The van der Waals surface area contributed by atoms with E-state index in [-0.39, 0.29) is 36.3 Å². The summed E-state index contributed by atoms with van der Waals surface area (Å²) in [5, 5.41) is 41.6. The molecule has 0 aliphatic rings. The molecule has 0 fully saturated rings. The van der Waals surface area contributed by atoms with E-state index in [2.05, 4.69) is 0 Å². The van der Waals surface area contributed by atoms with Gasteiger partial charge in [-0.15, -0.1) is 0 Å². The van der Waals surface area contributed by atoms with Crippen LogP contribution in [0, 0.1) is 0 Å². The topological polar surface area (TPSA) is 204 Å². The van der Waals surface area contributed by atoms with Crippen LogP contribution in [0.5, 0.6) is 0 Å². The van der Waals surface area contributed by atoms with E-state index in [0.29, 0.717) is 0 Å². The largest absolute Gasteiger partial charge is 5.00 e. The Kier molecular flexibility index (Phi) is 14.9. The molecular weight excluding hydrogens is 346 g/mol. The molecule has 0 amide bonds. The summed E-state index contributed by atoms with van der Waals surface area (Å²) in [5.41, 5.74) is 0. The van der Waals surface area contributed by atoms with E-state index >= 15 is 0 Å². The molecule has 0 rings (SSSR count). The molecule has 0 heterocycles. The van der Waals surface area contributed by atoms with E-state index in [4.69, 9.17) is 0 Å². The molecule has 12 heteroatoms. The normalized spacial score (nSPS) is 9.73. The van der Waals surface area contributed by atoms with Crippen LogP contribution >= 0.6 is 0 Å². The fraction of sp³-hybridized carbons (Fsp3) is 0.600.